The molecule has 0 spiro atoms. The molecule has 0 radical (unpaired) electrons. The largest absolute Gasteiger partial charge is 0.545 e. The Morgan fingerprint density at radius 1 is 0.727 bits per heavy atom. The molecule has 220 valence electrons. The van der Waals surface area contributed by atoms with E-state index in [0.29, 0.717) is 23.6 Å². The van der Waals surface area contributed by atoms with Crippen molar-refractivity contribution in [3.05, 3.63) is 167 Å². The number of benzene rings is 5. The Balaban J connectivity index is 1.69. The minimum Gasteiger partial charge on any atom is -0.545 e. The SMILES string of the molecule is COc1ccc(CN2C(c3ccccc3)=[N+](Cc3ccccc3)C(c3ccccc3)C2(C(=O)[O-])c2ccccc2)cc1OC. The van der Waals surface area contributed by atoms with Gasteiger partial charge in [0.1, 0.15) is 13.1 Å². The number of rotatable bonds is 10. The molecule has 6 heteroatoms. The number of aliphatic carboxylic acids is 1. The second-order valence-corrected chi connectivity index (χ2v) is 10.8. The number of hydrogen-bond donors (Lipinski definition) is 0. The summed E-state index contributed by atoms with van der Waals surface area (Å²) >= 11 is 0. The third-order valence-corrected chi connectivity index (χ3v) is 8.32. The van der Waals surface area contributed by atoms with E-state index in [0.717, 1.165) is 28.1 Å². The lowest BCUT2D eigenvalue weighted by atomic mass is 9.78. The fourth-order valence-electron chi connectivity index (χ4n) is 6.44. The fraction of sp³-hybridized carbons (Fsp3) is 0.158. The zero-order chi connectivity index (χ0) is 30.5. The molecular weight excluding hydrogens is 548 g/mol. The van der Waals surface area contributed by atoms with Gasteiger partial charge in [-0.05, 0) is 35.4 Å². The summed E-state index contributed by atoms with van der Waals surface area (Å²) in [6.45, 7) is 0.747. The van der Waals surface area contributed by atoms with Gasteiger partial charge in [0.05, 0.1) is 25.8 Å². The first-order chi connectivity index (χ1) is 21.6. The van der Waals surface area contributed by atoms with Crippen molar-refractivity contribution in [1.82, 2.24) is 4.90 Å². The van der Waals surface area contributed by atoms with Gasteiger partial charge in [-0.2, -0.15) is 0 Å². The first-order valence-electron chi connectivity index (χ1n) is 14.6. The quantitative estimate of drug-likeness (QED) is 0.202. The van der Waals surface area contributed by atoms with Crippen molar-refractivity contribution in [2.45, 2.75) is 24.7 Å². The van der Waals surface area contributed by atoms with Crippen LogP contribution in [0.25, 0.3) is 0 Å². The molecular formula is C38H34N2O4. The molecule has 0 amide bonds. The Labute approximate surface area is 258 Å². The number of carboxylic acids is 1. The summed E-state index contributed by atoms with van der Waals surface area (Å²) in [6.07, 6.45) is 0. The lowest BCUT2D eigenvalue weighted by Gasteiger charge is -2.39. The maximum absolute atomic E-state index is 14.1. The van der Waals surface area contributed by atoms with Gasteiger partial charge < -0.3 is 19.4 Å². The van der Waals surface area contributed by atoms with E-state index in [1.165, 1.54) is 0 Å². The summed E-state index contributed by atoms with van der Waals surface area (Å²) in [5, 5.41) is 14.1. The van der Waals surface area contributed by atoms with Crippen LogP contribution >= 0.6 is 0 Å². The zero-order valence-electron chi connectivity index (χ0n) is 24.8. The smallest absolute Gasteiger partial charge is 0.281 e. The number of amidine groups is 1. The van der Waals surface area contributed by atoms with E-state index in [1.54, 1.807) is 14.2 Å². The Morgan fingerprint density at radius 2 is 1.30 bits per heavy atom. The monoisotopic (exact) mass is 582 g/mol. The van der Waals surface area contributed by atoms with Crippen LogP contribution in [0.15, 0.2) is 140 Å². The molecule has 0 bridgehead atoms. The highest BCUT2D eigenvalue weighted by atomic mass is 16.5. The van der Waals surface area contributed by atoms with Gasteiger partial charge in [0.15, 0.2) is 17.5 Å². The number of ether oxygens (including phenoxy) is 2. The van der Waals surface area contributed by atoms with Crippen molar-refractivity contribution in [1.29, 1.82) is 0 Å². The minimum atomic E-state index is -1.60. The number of nitrogens with zero attached hydrogens (tertiary/aromatic N) is 2. The summed E-state index contributed by atoms with van der Waals surface area (Å²) in [7, 11) is 3.20. The summed E-state index contributed by atoms with van der Waals surface area (Å²) in [6, 6.07) is 44.6. The lowest BCUT2D eigenvalue weighted by Crippen LogP contribution is -2.59. The highest BCUT2D eigenvalue weighted by Gasteiger charge is 2.63. The van der Waals surface area contributed by atoms with Crippen molar-refractivity contribution in [2.75, 3.05) is 14.2 Å². The van der Waals surface area contributed by atoms with Gasteiger partial charge in [-0.3, -0.25) is 0 Å². The van der Waals surface area contributed by atoms with Crippen LogP contribution in [-0.4, -0.2) is 35.5 Å². The van der Waals surface area contributed by atoms with Gasteiger partial charge in [-0.25, -0.2) is 9.48 Å². The number of carboxylic acid groups (broad SMARTS) is 1. The highest BCUT2D eigenvalue weighted by molar-refractivity contribution is 6.00. The Bertz CT molecular complexity index is 1760. The average Bonchev–Trinajstić information content (AvgIpc) is 3.36. The van der Waals surface area contributed by atoms with Gasteiger partial charge in [0.2, 0.25) is 5.54 Å². The van der Waals surface area contributed by atoms with Crippen LogP contribution < -0.4 is 14.6 Å². The van der Waals surface area contributed by atoms with Gasteiger partial charge in [0, 0.05) is 11.1 Å². The Kier molecular flexibility index (Phi) is 8.15. The molecule has 1 aliphatic heterocycles. The van der Waals surface area contributed by atoms with E-state index in [1.807, 2.05) is 132 Å². The topological polar surface area (TPSA) is 64.8 Å². The first-order valence-corrected chi connectivity index (χ1v) is 14.6. The van der Waals surface area contributed by atoms with E-state index in [9.17, 15) is 9.90 Å². The molecule has 1 aliphatic rings. The molecule has 2 atom stereocenters. The molecule has 0 saturated heterocycles. The second kappa shape index (κ2) is 12.5. The van der Waals surface area contributed by atoms with Crippen molar-refractivity contribution in [3.63, 3.8) is 0 Å². The lowest BCUT2D eigenvalue weighted by molar-refractivity contribution is -0.587. The summed E-state index contributed by atoms with van der Waals surface area (Å²) in [5.41, 5.74) is 2.75. The predicted octanol–water partition coefficient (Wildman–Crippen LogP) is 5.57. The molecule has 0 saturated carbocycles. The van der Waals surface area contributed by atoms with Gasteiger partial charge in [0.25, 0.3) is 5.84 Å². The second-order valence-electron chi connectivity index (χ2n) is 10.8. The van der Waals surface area contributed by atoms with E-state index in [4.69, 9.17) is 9.47 Å². The third-order valence-electron chi connectivity index (χ3n) is 8.32. The zero-order valence-corrected chi connectivity index (χ0v) is 24.8. The fourth-order valence-corrected chi connectivity index (χ4v) is 6.44. The van der Waals surface area contributed by atoms with E-state index >= 15 is 0 Å². The maximum Gasteiger partial charge on any atom is 0.281 e. The van der Waals surface area contributed by atoms with E-state index in [-0.39, 0.29) is 6.54 Å². The Morgan fingerprint density at radius 3 is 1.89 bits per heavy atom. The molecule has 44 heavy (non-hydrogen) atoms. The number of carbonyl (C=O) groups excluding carboxylic acids is 1. The number of hydrogen-bond acceptors (Lipinski definition) is 5. The molecule has 6 rings (SSSR count). The van der Waals surface area contributed by atoms with Crippen LogP contribution in [-0.2, 0) is 23.4 Å². The highest BCUT2D eigenvalue weighted by Crippen LogP contribution is 2.49. The van der Waals surface area contributed by atoms with Crippen LogP contribution in [0.3, 0.4) is 0 Å². The van der Waals surface area contributed by atoms with E-state index < -0.39 is 17.6 Å². The number of methoxy groups -OCH3 is 2. The van der Waals surface area contributed by atoms with E-state index in [2.05, 4.69) is 16.7 Å². The standard InChI is InChI=1S/C38H34N2O4/c1-43-33-24-23-29(25-34(33)44-2)27-40-36(31-19-11-5-12-20-31)39(26-28-15-7-3-8-16-28)35(30-17-9-4-10-18-30)38(40,37(41)42)32-21-13-6-14-22-32/h3-25,35H,26-27H2,1-2H3. The maximum atomic E-state index is 14.1. The number of carbonyl (C=O) groups is 1. The molecule has 5 aromatic rings. The third kappa shape index (κ3) is 5.09. The van der Waals surface area contributed by atoms with Crippen LogP contribution in [0.1, 0.15) is 33.9 Å². The Hall–Kier alpha value is -5.36. The summed E-state index contributed by atoms with van der Waals surface area (Å²) < 4.78 is 13.4. The molecule has 0 aliphatic carbocycles. The first kappa shape index (κ1) is 28.7. The van der Waals surface area contributed by atoms with Crippen LogP contribution in [0.4, 0.5) is 0 Å². The predicted molar refractivity (Wildman–Crippen MR) is 168 cm³/mol. The molecule has 1 heterocycles. The van der Waals surface area contributed by atoms with Gasteiger partial charge in [-0.15, -0.1) is 0 Å². The average molecular weight is 583 g/mol. The molecule has 5 aromatic carbocycles. The van der Waals surface area contributed by atoms with Crippen molar-refractivity contribution < 1.29 is 24.0 Å². The van der Waals surface area contributed by atoms with Crippen LogP contribution in [0.2, 0.25) is 0 Å². The van der Waals surface area contributed by atoms with Gasteiger partial charge in [-0.1, -0.05) is 115 Å². The minimum absolute atomic E-state index is 0.266. The van der Waals surface area contributed by atoms with Gasteiger partial charge >= 0.3 is 0 Å². The molecule has 6 nitrogen and oxygen atoms in total. The van der Waals surface area contributed by atoms with Crippen LogP contribution in [0.5, 0.6) is 11.5 Å². The summed E-state index contributed by atoms with van der Waals surface area (Å²) in [5.74, 6) is 0.796. The van der Waals surface area contributed by atoms with Crippen molar-refractivity contribution >= 4 is 11.8 Å². The van der Waals surface area contributed by atoms with Crippen LogP contribution in [0, 0.1) is 0 Å². The normalized spacial score (nSPS) is 17.9. The molecule has 0 N–H and O–H groups in total. The molecule has 2 unspecified atom stereocenters. The summed E-state index contributed by atoms with van der Waals surface area (Å²) in [4.78, 5) is 16.1. The molecule has 0 fully saturated rings. The molecule has 0 aromatic heterocycles. The van der Waals surface area contributed by atoms with Crippen molar-refractivity contribution in [3.8, 4) is 11.5 Å². The van der Waals surface area contributed by atoms with Crippen molar-refractivity contribution in [2.24, 2.45) is 0 Å².